The molecule has 216 valence electrons. The van der Waals surface area contributed by atoms with Gasteiger partial charge in [-0.15, -0.1) is 0 Å². The molecule has 8 nitrogen and oxygen atoms in total. The Balaban J connectivity index is 0.00000291. The van der Waals surface area contributed by atoms with Crippen molar-refractivity contribution in [2.75, 3.05) is 27.2 Å². The van der Waals surface area contributed by atoms with Gasteiger partial charge in [0, 0.05) is 42.9 Å². The zero-order valence-electron chi connectivity index (χ0n) is 25.2. The maximum absolute atomic E-state index is 12.3. The van der Waals surface area contributed by atoms with Crippen molar-refractivity contribution in [2.45, 2.75) is 64.2 Å². The fraction of sp³-hybridized carbons (Fsp3) is 0.414. The van der Waals surface area contributed by atoms with Crippen LogP contribution in [0.3, 0.4) is 0 Å². The molecular weight excluding hydrogens is 559 g/mol. The molecule has 0 heterocycles. The fourth-order valence-corrected chi connectivity index (χ4v) is 5.53. The van der Waals surface area contributed by atoms with Crippen molar-refractivity contribution in [1.29, 1.82) is 0 Å². The molecule has 0 amide bonds. The van der Waals surface area contributed by atoms with E-state index in [1.54, 1.807) is 0 Å². The summed E-state index contributed by atoms with van der Waals surface area (Å²) in [7, 11) is -5.96. The molecule has 40 heavy (non-hydrogen) atoms. The van der Waals surface area contributed by atoms with Gasteiger partial charge in [-0.1, -0.05) is 45.9 Å². The summed E-state index contributed by atoms with van der Waals surface area (Å²) in [6.07, 6.45) is 12.8. The van der Waals surface area contributed by atoms with Crippen molar-refractivity contribution in [2.24, 2.45) is 0 Å². The van der Waals surface area contributed by atoms with Crippen LogP contribution in [-0.2, 0) is 20.2 Å². The largest absolute Gasteiger partial charge is 1.00 e. The van der Waals surface area contributed by atoms with Gasteiger partial charge in [-0.2, -0.15) is 8.42 Å². The van der Waals surface area contributed by atoms with E-state index in [0.717, 1.165) is 36.5 Å². The van der Waals surface area contributed by atoms with Crippen LogP contribution in [0.25, 0.3) is 5.57 Å². The Labute approximate surface area is 263 Å². The van der Waals surface area contributed by atoms with Gasteiger partial charge in [0.05, 0.1) is 4.90 Å². The molecule has 0 aromatic heterocycles. The van der Waals surface area contributed by atoms with E-state index in [2.05, 4.69) is 24.8 Å². The molecule has 0 bridgehead atoms. The second kappa shape index (κ2) is 17.2. The van der Waals surface area contributed by atoms with Crippen molar-refractivity contribution in [1.82, 2.24) is 4.90 Å². The topological polar surface area (TPSA) is 118 Å². The average molecular weight is 602 g/mol. The predicted molar refractivity (Wildman–Crippen MR) is 158 cm³/mol. The van der Waals surface area contributed by atoms with Crippen LogP contribution < -0.4 is 29.6 Å². The smallest absolute Gasteiger partial charge is 0.744 e. The quantitative estimate of drug-likeness (QED) is 0.290. The fourth-order valence-electron chi connectivity index (χ4n) is 4.23. The molecule has 2 aliphatic rings. The van der Waals surface area contributed by atoms with Gasteiger partial charge >= 0.3 is 29.6 Å². The third-order valence-electron chi connectivity index (χ3n) is 6.07. The van der Waals surface area contributed by atoms with E-state index in [1.165, 1.54) is 11.8 Å². The molecule has 1 aromatic carbocycles. The zero-order valence-corrected chi connectivity index (χ0v) is 28.9. The minimum atomic E-state index is -4.93. The van der Waals surface area contributed by atoms with Gasteiger partial charge in [-0.3, -0.25) is 4.55 Å². The van der Waals surface area contributed by atoms with Gasteiger partial charge in [-0.25, -0.2) is 13.0 Å². The first kappa shape index (κ1) is 38.2. The molecular formula is C29H42N2NaO6S2+. The van der Waals surface area contributed by atoms with Crippen LogP contribution in [0, 0.1) is 0 Å². The molecule has 0 saturated carbocycles. The Morgan fingerprint density at radius 2 is 1.48 bits per heavy atom. The Hall–Kier alpha value is -1.79. The minimum Gasteiger partial charge on any atom is -0.744 e. The summed E-state index contributed by atoms with van der Waals surface area (Å²) in [5, 5.41) is 0. The Morgan fingerprint density at radius 3 is 1.88 bits per heavy atom. The van der Waals surface area contributed by atoms with Gasteiger partial charge in [-0.05, 0) is 61.3 Å². The van der Waals surface area contributed by atoms with E-state index < -0.39 is 30.0 Å². The van der Waals surface area contributed by atoms with Crippen LogP contribution in [0.5, 0.6) is 0 Å². The van der Waals surface area contributed by atoms with Crippen LogP contribution in [0.4, 0.5) is 0 Å². The summed E-state index contributed by atoms with van der Waals surface area (Å²) in [6, 6.07) is 3.07. The first-order valence-electron chi connectivity index (χ1n) is 13.2. The molecule has 0 radical (unpaired) electrons. The molecule has 0 saturated heterocycles. The molecule has 1 aromatic rings. The van der Waals surface area contributed by atoms with Gasteiger partial charge < -0.3 is 9.45 Å². The average Bonchev–Trinajstić information content (AvgIpc) is 2.92. The molecule has 11 heteroatoms. The third kappa shape index (κ3) is 9.94. The van der Waals surface area contributed by atoms with E-state index >= 15 is 0 Å². The van der Waals surface area contributed by atoms with Gasteiger partial charge in [0.25, 0.3) is 10.1 Å². The predicted octanol–water partition coefficient (Wildman–Crippen LogP) is 2.43. The zero-order chi connectivity index (χ0) is 30.0. The van der Waals surface area contributed by atoms with E-state index in [1.807, 2.05) is 76.7 Å². The van der Waals surface area contributed by atoms with Crippen molar-refractivity contribution in [3.63, 3.8) is 0 Å². The summed E-state index contributed by atoms with van der Waals surface area (Å²) < 4.78 is 71.2. The second-order valence-corrected chi connectivity index (χ2v) is 11.2. The van der Waals surface area contributed by atoms with E-state index in [9.17, 15) is 25.9 Å². The Kier molecular flexibility index (Phi) is 16.5. The van der Waals surface area contributed by atoms with Crippen molar-refractivity contribution >= 4 is 31.5 Å². The minimum absolute atomic E-state index is 0. The van der Waals surface area contributed by atoms with Crippen molar-refractivity contribution in [3.8, 4) is 0 Å². The first-order valence-corrected chi connectivity index (χ1v) is 16.1. The number of hydrogen-bond acceptors (Lipinski definition) is 6. The first-order chi connectivity index (χ1) is 18.4. The van der Waals surface area contributed by atoms with Crippen LogP contribution in [-0.4, -0.2) is 68.3 Å². The standard InChI is InChI=1S/C25H30N2O6S2.2C2H6.Na/c1-5-27(6-2)21-13-9-19(10-14-21)25(18-7-11-20(12-8-18)26(3)4)23-16-15-22(34(28,29)30)17-24(23)35(31,32)33;2*1-2;/h7-9,11-12,14-17H,5-6,10,13H2,1-4H3,(H-,28,29,30,31,32,33);2*1-2H3;/q;;;+1. The number of allylic oxidation sites excluding steroid dienone is 9. The van der Waals surface area contributed by atoms with Crippen LogP contribution in [0.2, 0.25) is 0 Å². The van der Waals surface area contributed by atoms with Crippen molar-refractivity contribution < 1.29 is 60.1 Å². The Bertz CT molecular complexity index is 1410. The maximum atomic E-state index is 12.3. The molecule has 3 rings (SSSR count). The molecule has 0 atom stereocenters. The summed E-state index contributed by atoms with van der Waals surface area (Å²) in [5.41, 5.74) is 4.32. The summed E-state index contributed by atoms with van der Waals surface area (Å²) in [4.78, 5) is 0.897. The van der Waals surface area contributed by atoms with E-state index in [0.29, 0.717) is 24.0 Å². The second-order valence-electron chi connectivity index (χ2n) is 8.41. The van der Waals surface area contributed by atoms with E-state index in [4.69, 9.17) is 0 Å². The number of rotatable bonds is 7. The SMILES string of the molecule is CC.CC.CCN(CC)C1=CCC(C(=C2C=CC(=[N+](C)C)C=C2)c2ccc(S(=O)(=O)[O-])cc2S(=O)(=O)O)=CC1.[Na+]. The van der Waals surface area contributed by atoms with Gasteiger partial charge in [0.15, 0.2) is 5.71 Å². The number of benzene rings is 1. The number of nitrogens with zero attached hydrogens (tertiary/aromatic N) is 2. The molecule has 0 fully saturated rings. The van der Waals surface area contributed by atoms with Crippen LogP contribution >= 0.6 is 0 Å². The molecule has 0 spiro atoms. The van der Waals surface area contributed by atoms with E-state index in [-0.39, 0.29) is 35.1 Å². The van der Waals surface area contributed by atoms with Crippen LogP contribution in [0.15, 0.2) is 81.3 Å². The maximum Gasteiger partial charge on any atom is 1.00 e. The van der Waals surface area contributed by atoms with Crippen molar-refractivity contribution in [3.05, 3.63) is 77.1 Å². The molecule has 0 aliphatic heterocycles. The van der Waals surface area contributed by atoms with Crippen LogP contribution in [0.1, 0.15) is 59.9 Å². The molecule has 0 unspecified atom stereocenters. The number of hydrogen-bond donors (Lipinski definition) is 1. The summed E-state index contributed by atoms with van der Waals surface area (Å²) in [6.45, 7) is 13.9. The summed E-state index contributed by atoms with van der Waals surface area (Å²) >= 11 is 0. The van der Waals surface area contributed by atoms with Gasteiger partial charge in [0.2, 0.25) is 0 Å². The monoisotopic (exact) mass is 601 g/mol. The van der Waals surface area contributed by atoms with Gasteiger partial charge in [0.1, 0.15) is 29.1 Å². The normalized spacial score (nSPS) is 14.4. The molecule has 2 aliphatic carbocycles. The third-order valence-corrected chi connectivity index (χ3v) is 7.79. The summed E-state index contributed by atoms with van der Waals surface area (Å²) in [5.74, 6) is 0. The Morgan fingerprint density at radius 1 is 0.925 bits per heavy atom. The molecule has 1 N–H and O–H groups in total.